The zero-order chi connectivity index (χ0) is 23.5. The molecule has 8 heteroatoms. The molecule has 0 radical (unpaired) electrons. The van der Waals surface area contributed by atoms with Gasteiger partial charge in [0.25, 0.3) is 0 Å². The summed E-state index contributed by atoms with van der Waals surface area (Å²) in [6, 6.07) is 10.1. The second-order valence-electron chi connectivity index (χ2n) is 9.98. The van der Waals surface area contributed by atoms with Gasteiger partial charge in [-0.15, -0.1) is 0 Å². The van der Waals surface area contributed by atoms with E-state index in [1.807, 2.05) is 24.4 Å². The number of hydrogen-bond acceptors (Lipinski definition) is 6. The van der Waals surface area contributed by atoms with Gasteiger partial charge >= 0.3 is 0 Å². The van der Waals surface area contributed by atoms with E-state index in [0.29, 0.717) is 6.42 Å². The number of carbonyl (C=O) groups is 2. The molecular weight excluding hydrogens is 428 g/mol. The minimum Gasteiger partial charge on any atom is -0.349 e. The lowest BCUT2D eigenvalue weighted by Gasteiger charge is -2.35. The molecule has 1 spiro atoms. The first-order valence-electron chi connectivity index (χ1n) is 12.5. The molecule has 1 aromatic heterocycles. The Labute approximate surface area is 201 Å². The highest BCUT2D eigenvalue weighted by Gasteiger charge is 2.48. The molecule has 0 bridgehead atoms. The van der Waals surface area contributed by atoms with Crippen molar-refractivity contribution in [1.29, 1.82) is 0 Å². The molecule has 2 aromatic rings. The molecule has 2 atom stereocenters. The summed E-state index contributed by atoms with van der Waals surface area (Å²) >= 11 is 0. The SMILES string of the molecule is CC(=O)Nc1cccc([C@@H]2CN(Cc3ccnc(N4CCCC4)n3)C[C@]23CCCCC(=O)N3)c1. The number of nitrogens with zero attached hydrogens (tertiary/aromatic N) is 4. The molecule has 180 valence electrons. The molecular formula is C26H34N6O2. The van der Waals surface area contributed by atoms with Crippen molar-refractivity contribution in [3.05, 3.63) is 47.8 Å². The van der Waals surface area contributed by atoms with Gasteiger partial charge in [0.15, 0.2) is 0 Å². The number of amides is 2. The molecule has 4 heterocycles. The van der Waals surface area contributed by atoms with Crippen molar-refractivity contribution in [2.75, 3.05) is 36.4 Å². The van der Waals surface area contributed by atoms with Crippen LogP contribution < -0.4 is 15.5 Å². The van der Waals surface area contributed by atoms with Crippen LogP contribution in [0, 0.1) is 0 Å². The van der Waals surface area contributed by atoms with E-state index in [9.17, 15) is 9.59 Å². The number of aromatic nitrogens is 2. The number of rotatable bonds is 5. The van der Waals surface area contributed by atoms with E-state index in [0.717, 1.165) is 74.9 Å². The Morgan fingerprint density at radius 2 is 2.06 bits per heavy atom. The molecule has 8 nitrogen and oxygen atoms in total. The van der Waals surface area contributed by atoms with Crippen molar-refractivity contribution in [2.24, 2.45) is 0 Å². The lowest BCUT2D eigenvalue weighted by atomic mass is 9.79. The van der Waals surface area contributed by atoms with Crippen LogP contribution in [0.25, 0.3) is 0 Å². The standard InChI is InChI=1S/C26H34N6O2/c1-19(33)28-21-8-6-7-20(15-21)23-17-31(18-26(23)11-3-2-9-24(34)30-26)16-22-10-12-27-25(29-22)32-13-4-5-14-32/h6-8,10,12,15,23H,2-5,9,11,13-14,16-18H2,1H3,(H,28,33)(H,30,34)/t23-,26+/m0/s1. The topological polar surface area (TPSA) is 90.5 Å². The number of likely N-dealkylation sites (tertiary alicyclic amines) is 1. The van der Waals surface area contributed by atoms with Gasteiger partial charge in [-0.25, -0.2) is 9.97 Å². The van der Waals surface area contributed by atoms with Gasteiger partial charge in [-0.05, 0) is 49.4 Å². The van der Waals surface area contributed by atoms with Crippen LogP contribution in [0.1, 0.15) is 62.6 Å². The molecule has 3 saturated heterocycles. The van der Waals surface area contributed by atoms with Gasteiger partial charge in [-0.1, -0.05) is 18.6 Å². The van der Waals surface area contributed by atoms with E-state index < -0.39 is 0 Å². The second kappa shape index (κ2) is 9.70. The van der Waals surface area contributed by atoms with Crippen LogP contribution in [0.3, 0.4) is 0 Å². The van der Waals surface area contributed by atoms with Crippen molar-refractivity contribution >= 4 is 23.5 Å². The average molecular weight is 463 g/mol. The van der Waals surface area contributed by atoms with E-state index in [2.05, 4.69) is 37.6 Å². The zero-order valence-electron chi connectivity index (χ0n) is 19.9. The first kappa shape index (κ1) is 22.8. The van der Waals surface area contributed by atoms with Gasteiger partial charge in [0.1, 0.15) is 0 Å². The summed E-state index contributed by atoms with van der Waals surface area (Å²) in [7, 11) is 0. The van der Waals surface area contributed by atoms with Gasteiger partial charge in [0.2, 0.25) is 17.8 Å². The van der Waals surface area contributed by atoms with Gasteiger partial charge in [-0.2, -0.15) is 0 Å². The summed E-state index contributed by atoms with van der Waals surface area (Å²) in [5.41, 5.74) is 2.65. The molecule has 3 aliphatic rings. The van der Waals surface area contributed by atoms with Crippen LogP contribution in [-0.4, -0.2) is 58.4 Å². The first-order chi connectivity index (χ1) is 16.5. The molecule has 0 saturated carbocycles. The third-order valence-corrected chi connectivity index (χ3v) is 7.36. The molecule has 1 aromatic carbocycles. The molecule has 5 rings (SSSR count). The summed E-state index contributed by atoms with van der Waals surface area (Å²) in [6.45, 7) is 5.91. The Balaban J connectivity index is 1.41. The van der Waals surface area contributed by atoms with Crippen molar-refractivity contribution < 1.29 is 9.59 Å². The number of hydrogen-bond donors (Lipinski definition) is 2. The van der Waals surface area contributed by atoms with E-state index >= 15 is 0 Å². The van der Waals surface area contributed by atoms with Crippen LogP contribution >= 0.6 is 0 Å². The highest BCUT2D eigenvalue weighted by Crippen LogP contribution is 2.42. The fourth-order valence-corrected chi connectivity index (χ4v) is 5.87. The van der Waals surface area contributed by atoms with Crippen LogP contribution in [0.5, 0.6) is 0 Å². The maximum absolute atomic E-state index is 12.7. The molecule has 2 N–H and O–H groups in total. The predicted octanol–water partition coefficient (Wildman–Crippen LogP) is 3.06. The van der Waals surface area contributed by atoms with Crippen LogP contribution in [-0.2, 0) is 16.1 Å². The molecule has 3 fully saturated rings. The highest BCUT2D eigenvalue weighted by atomic mass is 16.2. The van der Waals surface area contributed by atoms with E-state index in [1.54, 1.807) is 0 Å². The number of anilines is 2. The maximum Gasteiger partial charge on any atom is 0.225 e. The molecule has 3 aliphatic heterocycles. The fraction of sp³-hybridized carbons (Fsp3) is 0.538. The lowest BCUT2D eigenvalue weighted by molar-refractivity contribution is -0.122. The Bertz CT molecular complexity index is 1050. The first-order valence-corrected chi connectivity index (χ1v) is 12.5. The highest BCUT2D eigenvalue weighted by molar-refractivity contribution is 5.88. The summed E-state index contributed by atoms with van der Waals surface area (Å²) in [6.07, 6.45) is 7.75. The molecule has 34 heavy (non-hydrogen) atoms. The summed E-state index contributed by atoms with van der Waals surface area (Å²) < 4.78 is 0. The number of benzene rings is 1. The van der Waals surface area contributed by atoms with Gasteiger partial charge in [-0.3, -0.25) is 14.5 Å². The third-order valence-electron chi connectivity index (χ3n) is 7.36. The largest absolute Gasteiger partial charge is 0.349 e. The van der Waals surface area contributed by atoms with Gasteiger partial charge in [0, 0.05) is 63.9 Å². The van der Waals surface area contributed by atoms with Crippen molar-refractivity contribution in [1.82, 2.24) is 20.2 Å². The maximum atomic E-state index is 12.7. The zero-order valence-corrected chi connectivity index (χ0v) is 19.9. The van der Waals surface area contributed by atoms with E-state index in [1.165, 1.54) is 19.8 Å². The molecule has 0 aliphatic carbocycles. The Hall–Kier alpha value is -3.00. The quantitative estimate of drug-likeness (QED) is 0.710. The van der Waals surface area contributed by atoms with E-state index in [-0.39, 0.29) is 23.3 Å². The van der Waals surface area contributed by atoms with Crippen molar-refractivity contribution in [3.63, 3.8) is 0 Å². The summed E-state index contributed by atoms with van der Waals surface area (Å²) in [4.78, 5) is 38.3. The lowest BCUT2D eigenvalue weighted by Crippen LogP contribution is -2.52. The normalized spacial score (nSPS) is 25.4. The van der Waals surface area contributed by atoms with Crippen molar-refractivity contribution in [2.45, 2.75) is 63.5 Å². The Kier molecular flexibility index (Phi) is 6.50. The Morgan fingerprint density at radius 3 is 2.88 bits per heavy atom. The van der Waals surface area contributed by atoms with Crippen LogP contribution in [0.4, 0.5) is 11.6 Å². The average Bonchev–Trinajstić information content (AvgIpc) is 3.41. The number of nitrogens with one attached hydrogen (secondary N) is 2. The molecule has 2 amide bonds. The predicted molar refractivity (Wildman–Crippen MR) is 132 cm³/mol. The van der Waals surface area contributed by atoms with Crippen LogP contribution in [0.15, 0.2) is 36.5 Å². The minimum atomic E-state index is -0.312. The summed E-state index contributed by atoms with van der Waals surface area (Å²) in [5, 5.41) is 6.33. The monoisotopic (exact) mass is 462 g/mol. The van der Waals surface area contributed by atoms with E-state index in [4.69, 9.17) is 4.98 Å². The Morgan fingerprint density at radius 1 is 1.21 bits per heavy atom. The minimum absolute atomic E-state index is 0.0831. The number of carbonyl (C=O) groups excluding carboxylic acids is 2. The second-order valence-corrected chi connectivity index (χ2v) is 9.98. The van der Waals surface area contributed by atoms with Gasteiger partial charge < -0.3 is 15.5 Å². The third kappa shape index (κ3) is 4.92. The van der Waals surface area contributed by atoms with Crippen LogP contribution in [0.2, 0.25) is 0 Å². The smallest absolute Gasteiger partial charge is 0.225 e. The van der Waals surface area contributed by atoms with Crippen molar-refractivity contribution in [3.8, 4) is 0 Å². The fourth-order valence-electron chi connectivity index (χ4n) is 5.87. The molecule has 0 unspecified atom stereocenters. The summed E-state index contributed by atoms with van der Waals surface area (Å²) in [5.74, 6) is 1.02. The van der Waals surface area contributed by atoms with Gasteiger partial charge in [0.05, 0.1) is 11.2 Å².